The van der Waals surface area contributed by atoms with E-state index in [1.54, 1.807) is 11.2 Å². The van der Waals surface area contributed by atoms with Gasteiger partial charge in [0.25, 0.3) is 0 Å². The summed E-state index contributed by atoms with van der Waals surface area (Å²) < 4.78 is 0. The molecule has 0 radical (unpaired) electrons. The van der Waals surface area contributed by atoms with Gasteiger partial charge in [0.1, 0.15) is 0 Å². The Kier molecular flexibility index (Phi) is 6.92. The van der Waals surface area contributed by atoms with Crippen molar-refractivity contribution in [1.82, 2.24) is 19.8 Å². The second-order valence-corrected chi connectivity index (χ2v) is 8.69. The number of anilines is 1. The van der Waals surface area contributed by atoms with Crippen molar-refractivity contribution >= 4 is 17.5 Å². The molecule has 7 heteroatoms. The number of nitrogens with one attached hydrogen (secondary N) is 1. The third-order valence-corrected chi connectivity index (χ3v) is 5.75. The summed E-state index contributed by atoms with van der Waals surface area (Å²) in [6.45, 7) is 8.50. The largest absolute Gasteiger partial charge is 0.348 e. The normalized spacial score (nSPS) is 16.7. The van der Waals surface area contributed by atoms with E-state index in [9.17, 15) is 9.59 Å². The van der Waals surface area contributed by atoms with Crippen molar-refractivity contribution in [2.75, 3.05) is 38.6 Å². The number of nitrogens with zero attached hydrogens (tertiary/aromatic N) is 4. The number of carbonyl (C=O) groups is 2. The molecule has 1 fully saturated rings. The van der Waals surface area contributed by atoms with Crippen LogP contribution in [0, 0.1) is 12.8 Å². The molecule has 0 aliphatic carbocycles. The lowest BCUT2D eigenvalue weighted by atomic mass is 10.0. The van der Waals surface area contributed by atoms with Gasteiger partial charge in [0.05, 0.1) is 24.5 Å². The molecular weight excluding hydrogens is 378 g/mol. The Bertz CT molecular complexity index is 872. The zero-order valence-corrected chi connectivity index (χ0v) is 18.7. The van der Waals surface area contributed by atoms with E-state index >= 15 is 0 Å². The topological polar surface area (TPSA) is 72.5 Å². The number of aromatic nitrogens is 2. The Morgan fingerprint density at radius 1 is 1.23 bits per heavy atom. The van der Waals surface area contributed by atoms with Gasteiger partial charge in [-0.15, -0.1) is 0 Å². The van der Waals surface area contributed by atoms with E-state index in [0.29, 0.717) is 25.6 Å². The Morgan fingerprint density at radius 3 is 2.50 bits per heavy atom. The van der Waals surface area contributed by atoms with Crippen LogP contribution < -0.4 is 4.90 Å². The lowest BCUT2D eigenvalue weighted by Crippen LogP contribution is -2.40. The fourth-order valence-corrected chi connectivity index (χ4v) is 3.74. The highest BCUT2D eigenvalue weighted by atomic mass is 16.2. The number of imidazole rings is 1. The van der Waals surface area contributed by atoms with Gasteiger partial charge in [-0.2, -0.15) is 0 Å². The molecule has 1 unspecified atom stereocenters. The molecular formula is C23H33N5O2. The molecule has 7 nitrogen and oxygen atoms in total. The van der Waals surface area contributed by atoms with Crippen LogP contribution in [-0.4, -0.2) is 65.3 Å². The van der Waals surface area contributed by atoms with Crippen LogP contribution in [0.25, 0.3) is 0 Å². The van der Waals surface area contributed by atoms with E-state index in [1.165, 1.54) is 5.56 Å². The lowest BCUT2D eigenvalue weighted by Gasteiger charge is -2.26. The van der Waals surface area contributed by atoms with Gasteiger partial charge in [-0.25, -0.2) is 4.98 Å². The number of hydrogen-bond donors (Lipinski definition) is 1. The summed E-state index contributed by atoms with van der Waals surface area (Å²) in [5, 5.41) is 0. The number of rotatable bonds is 8. The number of likely N-dealkylation sites (N-methyl/N-ethyl adjacent to an activating group) is 1. The van der Waals surface area contributed by atoms with Crippen LogP contribution in [-0.2, 0) is 16.1 Å². The van der Waals surface area contributed by atoms with Gasteiger partial charge in [-0.3, -0.25) is 9.59 Å². The van der Waals surface area contributed by atoms with Gasteiger partial charge in [-0.1, -0.05) is 26.0 Å². The average Bonchev–Trinajstić information content (AvgIpc) is 3.29. The molecule has 2 aromatic rings. The molecule has 0 spiro atoms. The number of carbonyl (C=O) groups excluding carboxylic acids is 2. The molecule has 1 saturated heterocycles. The summed E-state index contributed by atoms with van der Waals surface area (Å²) in [5.74, 6) is 0.144. The zero-order chi connectivity index (χ0) is 21.8. The first kappa shape index (κ1) is 22.0. The van der Waals surface area contributed by atoms with E-state index < -0.39 is 0 Å². The number of aryl methyl sites for hydroxylation is 1. The number of hydrogen-bond acceptors (Lipinski definition) is 4. The van der Waals surface area contributed by atoms with E-state index in [0.717, 1.165) is 23.6 Å². The van der Waals surface area contributed by atoms with Crippen molar-refractivity contribution in [2.24, 2.45) is 5.92 Å². The van der Waals surface area contributed by atoms with Gasteiger partial charge in [0.15, 0.2) is 0 Å². The molecule has 162 valence electrons. The molecule has 0 bridgehead atoms. The van der Waals surface area contributed by atoms with Crippen LogP contribution >= 0.6 is 0 Å². The number of aromatic amines is 1. The summed E-state index contributed by atoms with van der Waals surface area (Å²) in [6.07, 6.45) is 1.91. The van der Waals surface area contributed by atoms with Crippen molar-refractivity contribution in [3.8, 4) is 0 Å². The molecule has 2 amide bonds. The first-order valence-electron chi connectivity index (χ1n) is 10.6. The first-order valence-corrected chi connectivity index (χ1v) is 10.6. The predicted molar refractivity (Wildman–Crippen MR) is 118 cm³/mol. The van der Waals surface area contributed by atoms with Crippen molar-refractivity contribution in [2.45, 2.75) is 39.7 Å². The van der Waals surface area contributed by atoms with Gasteiger partial charge < -0.3 is 19.7 Å². The van der Waals surface area contributed by atoms with Crippen molar-refractivity contribution in [1.29, 1.82) is 0 Å². The minimum Gasteiger partial charge on any atom is -0.348 e. The van der Waals surface area contributed by atoms with E-state index in [4.69, 9.17) is 0 Å². The maximum atomic E-state index is 13.4. The number of benzene rings is 1. The quantitative estimate of drug-likeness (QED) is 0.725. The summed E-state index contributed by atoms with van der Waals surface area (Å²) in [6, 6.07) is 8.09. The first-order chi connectivity index (χ1) is 14.3. The van der Waals surface area contributed by atoms with Gasteiger partial charge >= 0.3 is 0 Å². The van der Waals surface area contributed by atoms with Crippen LogP contribution in [0.4, 0.5) is 5.69 Å². The maximum absolute atomic E-state index is 13.4. The Hall–Kier alpha value is -2.67. The molecule has 1 atom stereocenters. The number of amides is 2. The second-order valence-electron chi connectivity index (χ2n) is 8.69. The van der Waals surface area contributed by atoms with Crippen molar-refractivity contribution < 1.29 is 9.59 Å². The standard InChI is InChI=1S/C23H33N5O2/c1-16(2)18-6-8-20(9-7-18)28-13-19(12-22(28)29)23(30)27(11-10-26(4)5)14-21-17(3)24-15-25-21/h6-9,15-16,19H,10-14H2,1-5H3,(H,24,25). The molecule has 1 aromatic heterocycles. The monoisotopic (exact) mass is 411 g/mol. The molecule has 1 aromatic carbocycles. The third kappa shape index (κ3) is 5.08. The molecule has 2 heterocycles. The minimum atomic E-state index is -0.330. The average molecular weight is 412 g/mol. The van der Waals surface area contributed by atoms with E-state index in [1.807, 2.05) is 38.1 Å². The molecule has 0 saturated carbocycles. The Balaban J connectivity index is 1.72. The van der Waals surface area contributed by atoms with Gasteiger partial charge in [0, 0.05) is 37.4 Å². The van der Waals surface area contributed by atoms with Crippen LogP contribution in [0.5, 0.6) is 0 Å². The highest BCUT2D eigenvalue weighted by Gasteiger charge is 2.37. The molecule has 30 heavy (non-hydrogen) atoms. The van der Waals surface area contributed by atoms with Crippen LogP contribution in [0.1, 0.15) is 43.1 Å². The summed E-state index contributed by atoms with van der Waals surface area (Å²) in [5.41, 5.74) is 3.93. The summed E-state index contributed by atoms with van der Waals surface area (Å²) in [7, 11) is 3.98. The van der Waals surface area contributed by atoms with E-state index in [-0.39, 0.29) is 24.2 Å². The smallest absolute Gasteiger partial charge is 0.228 e. The Labute approximate surface area is 179 Å². The van der Waals surface area contributed by atoms with Crippen LogP contribution in [0.15, 0.2) is 30.6 Å². The Morgan fingerprint density at radius 2 is 1.93 bits per heavy atom. The van der Waals surface area contributed by atoms with Gasteiger partial charge in [-0.05, 0) is 44.6 Å². The maximum Gasteiger partial charge on any atom is 0.228 e. The second kappa shape index (κ2) is 9.43. The van der Waals surface area contributed by atoms with Crippen molar-refractivity contribution in [3.05, 3.63) is 47.5 Å². The number of H-pyrrole nitrogens is 1. The fourth-order valence-electron chi connectivity index (χ4n) is 3.74. The van der Waals surface area contributed by atoms with E-state index in [2.05, 4.69) is 40.8 Å². The summed E-state index contributed by atoms with van der Waals surface area (Å²) >= 11 is 0. The lowest BCUT2D eigenvalue weighted by molar-refractivity contribution is -0.136. The van der Waals surface area contributed by atoms with Crippen LogP contribution in [0.3, 0.4) is 0 Å². The summed E-state index contributed by atoms with van der Waals surface area (Å²) in [4.78, 5) is 39.1. The molecule has 1 aliphatic heterocycles. The van der Waals surface area contributed by atoms with Crippen LogP contribution in [0.2, 0.25) is 0 Å². The fraction of sp³-hybridized carbons (Fsp3) is 0.522. The highest BCUT2D eigenvalue weighted by molar-refractivity contribution is 6.00. The molecule has 1 N–H and O–H groups in total. The highest BCUT2D eigenvalue weighted by Crippen LogP contribution is 2.28. The third-order valence-electron chi connectivity index (χ3n) is 5.75. The minimum absolute atomic E-state index is 0.00848. The predicted octanol–water partition coefficient (Wildman–Crippen LogP) is 2.78. The molecule has 3 rings (SSSR count). The van der Waals surface area contributed by atoms with Gasteiger partial charge in [0.2, 0.25) is 11.8 Å². The zero-order valence-electron chi connectivity index (χ0n) is 18.7. The van der Waals surface area contributed by atoms with Crippen molar-refractivity contribution in [3.63, 3.8) is 0 Å². The SMILES string of the molecule is Cc1[nH]cnc1CN(CCN(C)C)C(=O)C1CC(=O)N(c2ccc(C(C)C)cc2)C1. The molecule has 1 aliphatic rings.